The number of nitro groups is 1. The molecule has 0 amide bonds. The minimum absolute atomic E-state index is 0.00276. The summed E-state index contributed by atoms with van der Waals surface area (Å²) in [6.07, 6.45) is 0.00553. The maximum Gasteiger partial charge on any atom is 0.269 e. The summed E-state index contributed by atoms with van der Waals surface area (Å²) in [5.41, 5.74) is 4.08. The Bertz CT molecular complexity index is 499. The van der Waals surface area contributed by atoms with Gasteiger partial charge >= 0.3 is 0 Å². The molecule has 1 aliphatic rings. The van der Waals surface area contributed by atoms with Crippen LogP contribution in [0.2, 0.25) is 0 Å². The molecule has 1 aromatic carbocycles. The number of hydrogen-bond donors (Lipinski definition) is 2. The summed E-state index contributed by atoms with van der Waals surface area (Å²) in [6, 6.07) is 4.58. The first-order valence-electron chi connectivity index (χ1n) is 6.61. The van der Waals surface area contributed by atoms with Gasteiger partial charge in [0.15, 0.2) is 0 Å². The van der Waals surface area contributed by atoms with Crippen molar-refractivity contribution in [1.29, 1.82) is 0 Å². The highest BCUT2D eigenvalue weighted by molar-refractivity contribution is 5.55. The molecule has 1 heterocycles. The quantitative estimate of drug-likeness (QED) is 0.453. The van der Waals surface area contributed by atoms with Gasteiger partial charge in [-0.3, -0.25) is 20.9 Å². The number of nitrogens with one attached hydrogen (secondary N) is 1. The number of non-ortho nitro benzene ring substituents is 1. The Hall–Kier alpha value is -1.74. The molecule has 2 unspecified atom stereocenters. The van der Waals surface area contributed by atoms with E-state index >= 15 is 0 Å². The van der Waals surface area contributed by atoms with E-state index in [0.717, 1.165) is 5.56 Å². The Morgan fingerprint density at radius 2 is 2.00 bits per heavy atom. The van der Waals surface area contributed by atoms with Crippen LogP contribution in [-0.4, -0.2) is 49.3 Å². The third kappa shape index (κ3) is 3.48. The molecule has 2 atom stereocenters. The number of likely N-dealkylation sites (tertiary alicyclic amines) is 1. The molecule has 0 radical (unpaired) electrons. The van der Waals surface area contributed by atoms with Crippen molar-refractivity contribution in [1.82, 2.24) is 4.90 Å². The van der Waals surface area contributed by atoms with Crippen molar-refractivity contribution in [3.05, 3.63) is 33.9 Å². The molecule has 8 heteroatoms. The molecule has 1 aromatic rings. The van der Waals surface area contributed by atoms with Crippen molar-refractivity contribution in [2.45, 2.75) is 18.8 Å². The highest BCUT2D eigenvalue weighted by Crippen LogP contribution is 2.25. The van der Waals surface area contributed by atoms with Gasteiger partial charge in [-0.15, -0.1) is 0 Å². The van der Waals surface area contributed by atoms with Gasteiger partial charge in [-0.2, -0.15) is 0 Å². The normalized spacial score (nSPS) is 22.4. The van der Waals surface area contributed by atoms with E-state index in [1.165, 1.54) is 12.1 Å². The van der Waals surface area contributed by atoms with E-state index < -0.39 is 4.92 Å². The van der Waals surface area contributed by atoms with Gasteiger partial charge in [-0.1, -0.05) is 0 Å². The van der Waals surface area contributed by atoms with Gasteiger partial charge in [-0.25, -0.2) is 0 Å². The van der Waals surface area contributed by atoms with Gasteiger partial charge in [0.05, 0.1) is 22.8 Å². The van der Waals surface area contributed by atoms with Crippen molar-refractivity contribution in [2.24, 2.45) is 5.84 Å². The number of nitrogen functional groups attached to an aromatic ring is 1. The lowest BCUT2D eigenvalue weighted by atomic mass is 10.1. The first-order chi connectivity index (χ1) is 10.1. The number of ether oxygens (including phenoxy) is 2. The van der Waals surface area contributed by atoms with E-state index in [4.69, 9.17) is 15.3 Å². The summed E-state index contributed by atoms with van der Waals surface area (Å²) in [6.45, 7) is 1.96. The van der Waals surface area contributed by atoms with Crippen molar-refractivity contribution < 1.29 is 14.4 Å². The second-order valence-corrected chi connectivity index (χ2v) is 4.99. The molecular formula is C13H20N4O4. The van der Waals surface area contributed by atoms with Crippen LogP contribution in [0.15, 0.2) is 18.2 Å². The predicted molar refractivity (Wildman–Crippen MR) is 77.8 cm³/mol. The summed E-state index contributed by atoms with van der Waals surface area (Å²) in [5, 5.41) is 10.9. The summed E-state index contributed by atoms with van der Waals surface area (Å²) < 4.78 is 10.8. The standard InChI is InChI=1S/C13H20N4O4/c1-20-12-7-16(8-13(12)21-2)6-9-5-10(17(18)19)3-4-11(9)15-14/h3-5,12-13,15H,6-8,14H2,1-2H3. The molecule has 2 rings (SSSR count). The number of nitro benzene ring substituents is 1. The molecule has 3 N–H and O–H groups in total. The fraction of sp³-hybridized carbons (Fsp3) is 0.538. The molecule has 21 heavy (non-hydrogen) atoms. The maximum absolute atomic E-state index is 10.9. The monoisotopic (exact) mass is 296 g/mol. The third-order valence-corrected chi connectivity index (χ3v) is 3.75. The predicted octanol–water partition coefficient (Wildman–Crippen LogP) is 0.726. The number of nitrogens with two attached hydrogens (primary N) is 1. The zero-order chi connectivity index (χ0) is 15.4. The zero-order valence-electron chi connectivity index (χ0n) is 12.1. The second-order valence-electron chi connectivity index (χ2n) is 4.99. The van der Waals surface area contributed by atoms with Gasteiger partial charge in [0.1, 0.15) is 0 Å². The van der Waals surface area contributed by atoms with E-state index in [1.807, 2.05) is 0 Å². The topological polar surface area (TPSA) is 103 Å². The number of anilines is 1. The number of hydrogen-bond acceptors (Lipinski definition) is 7. The van der Waals surface area contributed by atoms with E-state index in [-0.39, 0.29) is 17.9 Å². The second kappa shape index (κ2) is 6.81. The molecule has 0 spiro atoms. The van der Waals surface area contributed by atoms with Crippen molar-refractivity contribution in [2.75, 3.05) is 32.7 Å². The SMILES string of the molecule is COC1CN(Cc2cc([N+](=O)[O-])ccc2NN)CC1OC. The van der Waals surface area contributed by atoms with Crippen LogP contribution >= 0.6 is 0 Å². The Morgan fingerprint density at radius 3 is 2.48 bits per heavy atom. The van der Waals surface area contributed by atoms with Crippen LogP contribution in [0.5, 0.6) is 0 Å². The largest absolute Gasteiger partial charge is 0.377 e. The van der Waals surface area contributed by atoms with Gasteiger partial charge in [0.2, 0.25) is 0 Å². The third-order valence-electron chi connectivity index (χ3n) is 3.75. The van der Waals surface area contributed by atoms with Gasteiger partial charge in [-0.05, 0) is 11.6 Å². The molecule has 0 saturated carbocycles. The van der Waals surface area contributed by atoms with E-state index in [9.17, 15) is 10.1 Å². The minimum atomic E-state index is -0.413. The highest BCUT2D eigenvalue weighted by atomic mass is 16.6. The molecule has 1 fully saturated rings. The molecule has 8 nitrogen and oxygen atoms in total. The lowest BCUT2D eigenvalue weighted by Gasteiger charge is -2.17. The Kier molecular flexibility index (Phi) is 5.07. The van der Waals surface area contributed by atoms with Crippen LogP contribution in [0, 0.1) is 10.1 Å². The van der Waals surface area contributed by atoms with Crippen LogP contribution in [-0.2, 0) is 16.0 Å². The van der Waals surface area contributed by atoms with Crippen LogP contribution in [0.3, 0.4) is 0 Å². The zero-order valence-corrected chi connectivity index (χ0v) is 12.1. The van der Waals surface area contributed by atoms with E-state index in [1.54, 1.807) is 20.3 Å². The maximum atomic E-state index is 10.9. The Morgan fingerprint density at radius 1 is 1.38 bits per heavy atom. The van der Waals surface area contributed by atoms with Crippen LogP contribution in [0.25, 0.3) is 0 Å². The highest BCUT2D eigenvalue weighted by Gasteiger charge is 2.33. The number of nitrogens with zero attached hydrogens (tertiary/aromatic N) is 2. The summed E-state index contributed by atoms with van der Waals surface area (Å²) in [4.78, 5) is 12.6. The van der Waals surface area contributed by atoms with Crippen molar-refractivity contribution in [3.8, 4) is 0 Å². The molecule has 0 aliphatic carbocycles. The van der Waals surface area contributed by atoms with Gasteiger partial charge in [0.25, 0.3) is 5.69 Å². The van der Waals surface area contributed by atoms with Crippen LogP contribution in [0.4, 0.5) is 11.4 Å². The summed E-state index contributed by atoms with van der Waals surface area (Å²) in [5.74, 6) is 5.47. The van der Waals surface area contributed by atoms with Gasteiger partial charge < -0.3 is 14.9 Å². The Balaban J connectivity index is 2.15. The number of hydrazine groups is 1. The molecule has 0 bridgehead atoms. The Labute approximate surface area is 122 Å². The fourth-order valence-corrected chi connectivity index (χ4v) is 2.61. The number of methoxy groups -OCH3 is 2. The minimum Gasteiger partial charge on any atom is -0.377 e. The van der Waals surface area contributed by atoms with E-state index in [0.29, 0.717) is 25.3 Å². The van der Waals surface area contributed by atoms with Crippen LogP contribution < -0.4 is 11.3 Å². The number of rotatable bonds is 6. The average Bonchev–Trinajstić information content (AvgIpc) is 2.89. The smallest absolute Gasteiger partial charge is 0.269 e. The molecular weight excluding hydrogens is 276 g/mol. The van der Waals surface area contributed by atoms with Crippen LogP contribution in [0.1, 0.15) is 5.56 Å². The first-order valence-corrected chi connectivity index (χ1v) is 6.61. The van der Waals surface area contributed by atoms with Crippen molar-refractivity contribution in [3.63, 3.8) is 0 Å². The van der Waals surface area contributed by atoms with Gasteiger partial charge in [0, 0.05) is 46.0 Å². The number of benzene rings is 1. The first kappa shape index (κ1) is 15.6. The summed E-state index contributed by atoms with van der Waals surface area (Å²) in [7, 11) is 3.31. The van der Waals surface area contributed by atoms with Crippen molar-refractivity contribution >= 4 is 11.4 Å². The fourth-order valence-electron chi connectivity index (χ4n) is 2.61. The molecule has 0 aromatic heterocycles. The molecule has 1 aliphatic heterocycles. The lowest BCUT2D eigenvalue weighted by Crippen LogP contribution is -2.27. The average molecular weight is 296 g/mol. The van der Waals surface area contributed by atoms with E-state index in [2.05, 4.69) is 10.3 Å². The lowest BCUT2D eigenvalue weighted by molar-refractivity contribution is -0.384. The molecule has 1 saturated heterocycles. The summed E-state index contributed by atoms with van der Waals surface area (Å²) >= 11 is 0. The molecule has 116 valence electrons.